The fourth-order valence-electron chi connectivity index (χ4n) is 3.43. The number of amides is 2. The fraction of sp³-hybridized carbons (Fsp3) is 0.529. The topological polar surface area (TPSA) is 81.4 Å². The Morgan fingerprint density at radius 2 is 2.05 bits per heavy atom. The molecule has 0 spiro atoms. The molecule has 0 saturated carbocycles. The van der Waals surface area contributed by atoms with Gasteiger partial charge in [-0.05, 0) is 43.2 Å². The monoisotopic (exact) mass is 302 g/mol. The standard InChI is InChI=1S/C17H22N2O3/c18-16(20)15-9-8-12(22-15)10-19-17(21)14-7-3-5-11-4-1-2-6-13(11)14/h1-2,4,6,12,14-15H,3,5,7-10H2,(H2,18,20)(H,19,21)/t12-,14-,15-/m0/s1. The van der Waals surface area contributed by atoms with E-state index in [1.54, 1.807) is 0 Å². The highest BCUT2D eigenvalue weighted by molar-refractivity contribution is 5.84. The van der Waals surface area contributed by atoms with E-state index in [-0.39, 0.29) is 17.9 Å². The van der Waals surface area contributed by atoms with Crippen molar-refractivity contribution in [2.45, 2.75) is 50.2 Å². The van der Waals surface area contributed by atoms with Gasteiger partial charge in [-0.1, -0.05) is 24.3 Å². The molecule has 1 fully saturated rings. The molecule has 0 aromatic heterocycles. The van der Waals surface area contributed by atoms with E-state index in [2.05, 4.69) is 11.4 Å². The summed E-state index contributed by atoms with van der Waals surface area (Å²) in [4.78, 5) is 23.6. The lowest BCUT2D eigenvalue weighted by atomic mass is 9.82. The van der Waals surface area contributed by atoms with Crippen LogP contribution in [0.15, 0.2) is 24.3 Å². The molecule has 3 N–H and O–H groups in total. The number of hydrogen-bond donors (Lipinski definition) is 2. The van der Waals surface area contributed by atoms with Crippen LogP contribution in [-0.2, 0) is 20.7 Å². The zero-order valence-electron chi connectivity index (χ0n) is 12.6. The van der Waals surface area contributed by atoms with Crippen LogP contribution < -0.4 is 11.1 Å². The molecule has 0 unspecified atom stereocenters. The lowest BCUT2D eigenvalue weighted by molar-refractivity contribution is -0.129. The van der Waals surface area contributed by atoms with Gasteiger partial charge in [-0.15, -0.1) is 0 Å². The van der Waals surface area contributed by atoms with E-state index >= 15 is 0 Å². The van der Waals surface area contributed by atoms with Crippen LogP contribution in [0.1, 0.15) is 42.7 Å². The largest absolute Gasteiger partial charge is 0.367 e. The summed E-state index contributed by atoms with van der Waals surface area (Å²) in [5.74, 6) is -0.438. The lowest BCUT2D eigenvalue weighted by Crippen LogP contribution is -2.37. The lowest BCUT2D eigenvalue weighted by Gasteiger charge is -2.25. The molecule has 1 aliphatic heterocycles. The Morgan fingerprint density at radius 1 is 1.23 bits per heavy atom. The number of aryl methyl sites for hydroxylation is 1. The molecule has 2 aliphatic rings. The third-order valence-corrected chi connectivity index (χ3v) is 4.61. The molecule has 3 rings (SSSR count). The van der Waals surface area contributed by atoms with Crippen LogP contribution in [0.3, 0.4) is 0 Å². The molecule has 5 nitrogen and oxygen atoms in total. The quantitative estimate of drug-likeness (QED) is 0.878. The molecule has 1 aliphatic carbocycles. The smallest absolute Gasteiger partial charge is 0.246 e. The molecule has 0 bridgehead atoms. The maximum atomic E-state index is 12.5. The second kappa shape index (κ2) is 6.48. The van der Waals surface area contributed by atoms with Crippen molar-refractivity contribution in [2.24, 2.45) is 5.73 Å². The van der Waals surface area contributed by atoms with Gasteiger partial charge in [0.2, 0.25) is 11.8 Å². The van der Waals surface area contributed by atoms with Crippen molar-refractivity contribution in [2.75, 3.05) is 6.54 Å². The number of primary amides is 1. The Kier molecular flexibility index (Phi) is 4.43. The van der Waals surface area contributed by atoms with Gasteiger partial charge in [-0.3, -0.25) is 9.59 Å². The normalized spacial score (nSPS) is 27.2. The summed E-state index contributed by atoms with van der Waals surface area (Å²) >= 11 is 0. The first-order valence-electron chi connectivity index (χ1n) is 7.95. The molecule has 3 atom stereocenters. The van der Waals surface area contributed by atoms with Gasteiger partial charge in [0.15, 0.2) is 0 Å². The summed E-state index contributed by atoms with van der Waals surface area (Å²) in [6, 6.07) is 8.16. The minimum Gasteiger partial charge on any atom is -0.367 e. The fourth-order valence-corrected chi connectivity index (χ4v) is 3.43. The Balaban J connectivity index is 1.56. The van der Waals surface area contributed by atoms with Gasteiger partial charge in [0.25, 0.3) is 0 Å². The maximum Gasteiger partial charge on any atom is 0.246 e. The van der Waals surface area contributed by atoms with Crippen molar-refractivity contribution in [3.63, 3.8) is 0 Å². The van der Waals surface area contributed by atoms with Crippen LogP contribution >= 0.6 is 0 Å². The van der Waals surface area contributed by atoms with Gasteiger partial charge in [0, 0.05) is 6.54 Å². The number of ether oxygens (including phenoxy) is 1. The van der Waals surface area contributed by atoms with Crippen LogP contribution in [0.4, 0.5) is 0 Å². The molecule has 118 valence electrons. The summed E-state index contributed by atoms with van der Waals surface area (Å²) in [5, 5.41) is 2.98. The zero-order chi connectivity index (χ0) is 15.5. The van der Waals surface area contributed by atoms with Crippen LogP contribution in [0, 0.1) is 0 Å². The zero-order valence-corrected chi connectivity index (χ0v) is 12.6. The molecule has 22 heavy (non-hydrogen) atoms. The van der Waals surface area contributed by atoms with Gasteiger partial charge in [0.05, 0.1) is 12.0 Å². The molecular weight excluding hydrogens is 280 g/mol. The number of benzene rings is 1. The van der Waals surface area contributed by atoms with Crippen molar-refractivity contribution in [3.8, 4) is 0 Å². The predicted octanol–water partition coefficient (Wildman–Crippen LogP) is 1.26. The summed E-state index contributed by atoms with van der Waals surface area (Å²) in [6.45, 7) is 0.446. The summed E-state index contributed by atoms with van der Waals surface area (Å²) in [7, 11) is 0. The van der Waals surface area contributed by atoms with Crippen molar-refractivity contribution in [1.29, 1.82) is 0 Å². The Hall–Kier alpha value is -1.88. The van der Waals surface area contributed by atoms with Crippen LogP contribution in [0.25, 0.3) is 0 Å². The summed E-state index contributed by atoms with van der Waals surface area (Å²) < 4.78 is 5.54. The van der Waals surface area contributed by atoms with E-state index in [1.165, 1.54) is 5.56 Å². The average Bonchev–Trinajstić information content (AvgIpc) is 3.01. The van der Waals surface area contributed by atoms with E-state index in [9.17, 15) is 9.59 Å². The third kappa shape index (κ3) is 3.14. The van der Waals surface area contributed by atoms with Crippen molar-refractivity contribution in [1.82, 2.24) is 5.32 Å². The Bertz CT molecular complexity index is 573. The average molecular weight is 302 g/mol. The summed E-state index contributed by atoms with van der Waals surface area (Å²) in [6.07, 6.45) is 3.76. The molecule has 5 heteroatoms. The molecule has 0 radical (unpaired) electrons. The van der Waals surface area contributed by atoms with Gasteiger partial charge in [-0.25, -0.2) is 0 Å². The number of fused-ring (bicyclic) bond motifs is 1. The Labute approximate surface area is 130 Å². The minimum atomic E-state index is -0.502. The van der Waals surface area contributed by atoms with Gasteiger partial charge < -0.3 is 15.8 Å². The van der Waals surface area contributed by atoms with Crippen LogP contribution in [-0.4, -0.2) is 30.6 Å². The molecular formula is C17H22N2O3. The van der Waals surface area contributed by atoms with E-state index in [0.29, 0.717) is 13.0 Å². The third-order valence-electron chi connectivity index (χ3n) is 4.61. The maximum absolute atomic E-state index is 12.5. The van der Waals surface area contributed by atoms with E-state index in [4.69, 9.17) is 10.5 Å². The summed E-state index contributed by atoms with van der Waals surface area (Å²) in [5.41, 5.74) is 7.66. The highest BCUT2D eigenvalue weighted by Crippen LogP contribution is 2.31. The number of carbonyl (C=O) groups is 2. The second-order valence-corrected chi connectivity index (χ2v) is 6.12. The molecule has 2 amide bonds. The molecule has 1 heterocycles. The highest BCUT2D eigenvalue weighted by atomic mass is 16.5. The van der Waals surface area contributed by atoms with Crippen LogP contribution in [0.2, 0.25) is 0 Å². The first kappa shape index (κ1) is 15.0. The number of carbonyl (C=O) groups excluding carboxylic acids is 2. The second-order valence-electron chi connectivity index (χ2n) is 6.12. The van der Waals surface area contributed by atoms with E-state index < -0.39 is 12.0 Å². The van der Waals surface area contributed by atoms with Crippen LogP contribution in [0.5, 0.6) is 0 Å². The SMILES string of the molecule is NC(=O)[C@@H]1CC[C@@H](CNC(=O)[C@H]2CCCc3ccccc32)O1. The number of rotatable bonds is 4. The first-order valence-corrected chi connectivity index (χ1v) is 7.95. The van der Waals surface area contributed by atoms with Gasteiger partial charge in [0.1, 0.15) is 6.10 Å². The molecule has 1 aromatic rings. The van der Waals surface area contributed by atoms with E-state index in [0.717, 1.165) is 31.2 Å². The molecule has 1 aromatic carbocycles. The minimum absolute atomic E-state index is 0.0540. The first-order chi connectivity index (χ1) is 10.6. The number of hydrogen-bond acceptors (Lipinski definition) is 3. The van der Waals surface area contributed by atoms with Gasteiger partial charge in [-0.2, -0.15) is 0 Å². The van der Waals surface area contributed by atoms with Crippen molar-refractivity contribution >= 4 is 11.8 Å². The van der Waals surface area contributed by atoms with Crippen molar-refractivity contribution < 1.29 is 14.3 Å². The predicted molar refractivity (Wildman–Crippen MR) is 82.2 cm³/mol. The van der Waals surface area contributed by atoms with Gasteiger partial charge >= 0.3 is 0 Å². The van der Waals surface area contributed by atoms with E-state index in [1.807, 2.05) is 18.2 Å². The van der Waals surface area contributed by atoms with Crippen molar-refractivity contribution in [3.05, 3.63) is 35.4 Å². The molecule has 1 saturated heterocycles. The Morgan fingerprint density at radius 3 is 2.82 bits per heavy atom. The highest BCUT2D eigenvalue weighted by Gasteiger charge is 2.31. The number of nitrogens with two attached hydrogens (primary N) is 1. The number of nitrogens with one attached hydrogen (secondary N) is 1.